The van der Waals surface area contributed by atoms with Gasteiger partial charge in [0.2, 0.25) is 0 Å². The second-order valence-corrected chi connectivity index (χ2v) is 7.10. The van der Waals surface area contributed by atoms with Crippen LogP contribution in [0.1, 0.15) is 16.7 Å². The van der Waals surface area contributed by atoms with Gasteiger partial charge in [0.1, 0.15) is 0 Å². The number of halogens is 1. The molecule has 148 valence electrons. The molecule has 6 nitrogen and oxygen atoms in total. The Balaban J connectivity index is 1.91. The van der Waals surface area contributed by atoms with E-state index in [0.29, 0.717) is 21.2 Å². The van der Waals surface area contributed by atoms with Crippen molar-refractivity contribution in [1.29, 1.82) is 0 Å². The Hall–Kier alpha value is -3.16. The number of ether oxygens (including phenoxy) is 1. The van der Waals surface area contributed by atoms with E-state index in [2.05, 4.69) is 26.5 Å². The van der Waals surface area contributed by atoms with Gasteiger partial charge in [-0.3, -0.25) is 4.79 Å². The highest BCUT2D eigenvalue weighted by atomic mass is 79.9. The first-order chi connectivity index (χ1) is 14.0. The van der Waals surface area contributed by atoms with Crippen molar-refractivity contribution in [1.82, 2.24) is 5.43 Å². The van der Waals surface area contributed by atoms with Crippen LogP contribution in [0.5, 0.6) is 11.5 Å². The third kappa shape index (κ3) is 4.31. The molecule has 0 atom stereocenters. The van der Waals surface area contributed by atoms with Crippen molar-refractivity contribution in [3.05, 3.63) is 94.0 Å². The molecule has 0 aliphatic carbocycles. The number of methoxy groups -OCH3 is 1. The van der Waals surface area contributed by atoms with Crippen LogP contribution in [0.4, 0.5) is 0 Å². The molecular weight excluding hydrogens is 436 g/mol. The van der Waals surface area contributed by atoms with E-state index in [4.69, 9.17) is 4.74 Å². The normalized spacial score (nSPS) is 11.4. The third-order valence-electron chi connectivity index (χ3n) is 4.37. The zero-order valence-electron chi connectivity index (χ0n) is 15.5. The van der Waals surface area contributed by atoms with Crippen molar-refractivity contribution in [2.45, 2.75) is 5.60 Å². The fraction of sp³-hybridized carbons (Fsp3) is 0.0909. The summed E-state index contributed by atoms with van der Waals surface area (Å²) >= 11 is 3.32. The second-order valence-electron chi connectivity index (χ2n) is 6.19. The number of phenols is 1. The lowest BCUT2D eigenvalue weighted by Gasteiger charge is -2.27. The molecule has 0 spiro atoms. The number of hydrogen-bond donors (Lipinski definition) is 3. The van der Waals surface area contributed by atoms with Gasteiger partial charge in [-0.15, -0.1) is 0 Å². The van der Waals surface area contributed by atoms with Crippen LogP contribution < -0.4 is 10.2 Å². The summed E-state index contributed by atoms with van der Waals surface area (Å²) in [6.07, 6.45) is 1.27. The van der Waals surface area contributed by atoms with Crippen molar-refractivity contribution in [3.63, 3.8) is 0 Å². The molecule has 3 rings (SSSR count). The molecule has 0 aliphatic heterocycles. The topological polar surface area (TPSA) is 91.2 Å². The second kappa shape index (κ2) is 8.89. The number of carbonyl (C=O) groups excluding carboxylic acids is 1. The highest BCUT2D eigenvalue weighted by molar-refractivity contribution is 9.10. The van der Waals surface area contributed by atoms with Gasteiger partial charge in [-0.05, 0) is 23.3 Å². The van der Waals surface area contributed by atoms with Crippen LogP contribution in [0, 0.1) is 0 Å². The summed E-state index contributed by atoms with van der Waals surface area (Å²) in [6, 6.07) is 20.5. The van der Waals surface area contributed by atoms with E-state index >= 15 is 0 Å². The van der Waals surface area contributed by atoms with E-state index in [1.54, 1.807) is 72.8 Å². The van der Waals surface area contributed by atoms with Crippen LogP contribution in [-0.2, 0) is 10.4 Å². The number of benzene rings is 3. The van der Waals surface area contributed by atoms with Crippen LogP contribution in [-0.4, -0.2) is 29.4 Å². The van der Waals surface area contributed by atoms with Gasteiger partial charge in [0.15, 0.2) is 17.1 Å². The van der Waals surface area contributed by atoms with Crippen LogP contribution >= 0.6 is 15.9 Å². The highest BCUT2D eigenvalue weighted by Gasteiger charge is 2.39. The Labute approximate surface area is 176 Å². The van der Waals surface area contributed by atoms with Crippen molar-refractivity contribution in [3.8, 4) is 11.5 Å². The predicted molar refractivity (Wildman–Crippen MR) is 114 cm³/mol. The first-order valence-electron chi connectivity index (χ1n) is 8.70. The molecule has 0 aliphatic rings. The number of aromatic hydroxyl groups is 1. The minimum Gasteiger partial charge on any atom is -0.504 e. The molecule has 0 unspecified atom stereocenters. The van der Waals surface area contributed by atoms with Gasteiger partial charge < -0.3 is 14.9 Å². The van der Waals surface area contributed by atoms with E-state index in [-0.39, 0.29) is 11.5 Å². The van der Waals surface area contributed by atoms with E-state index in [0.717, 1.165) is 0 Å². The van der Waals surface area contributed by atoms with Gasteiger partial charge >= 0.3 is 0 Å². The first-order valence-corrected chi connectivity index (χ1v) is 9.49. The SMILES string of the molecule is COc1cc(Br)cc(/C=N/NC(=O)C(O)(c2ccccc2)c2ccccc2)c1O. The Morgan fingerprint density at radius 1 is 1.07 bits per heavy atom. The predicted octanol–water partition coefficient (Wildman–Crippen LogP) is 3.55. The molecule has 0 aromatic heterocycles. The Bertz CT molecular complexity index is 984. The smallest absolute Gasteiger partial charge is 0.281 e. The van der Waals surface area contributed by atoms with Crippen LogP contribution in [0.3, 0.4) is 0 Å². The van der Waals surface area contributed by atoms with E-state index in [1.807, 2.05) is 0 Å². The molecule has 0 saturated heterocycles. The van der Waals surface area contributed by atoms with Crippen LogP contribution in [0.15, 0.2) is 82.4 Å². The summed E-state index contributed by atoms with van der Waals surface area (Å²) in [4.78, 5) is 13.0. The molecule has 0 fully saturated rings. The summed E-state index contributed by atoms with van der Waals surface area (Å²) < 4.78 is 5.77. The van der Waals surface area contributed by atoms with Crippen molar-refractivity contribution >= 4 is 28.1 Å². The zero-order chi connectivity index (χ0) is 20.9. The van der Waals surface area contributed by atoms with Gasteiger partial charge in [0.25, 0.3) is 5.91 Å². The summed E-state index contributed by atoms with van der Waals surface area (Å²) in [6.45, 7) is 0. The average Bonchev–Trinajstić information content (AvgIpc) is 2.76. The number of carbonyl (C=O) groups is 1. The maximum atomic E-state index is 13.0. The Kier molecular flexibility index (Phi) is 6.31. The third-order valence-corrected chi connectivity index (χ3v) is 4.83. The minimum absolute atomic E-state index is 0.116. The molecular formula is C22H19BrN2O4. The zero-order valence-corrected chi connectivity index (χ0v) is 17.1. The summed E-state index contributed by atoms with van der Waals surface area (Å²) in [5.74, 6) is -0.583. The number of nitrogens with one attached hydrogen (secondary N) is 1. The lowest BCUT2D eigenvalue weighted by Crippen LogP contribution is -2.43. The standard InChI is InChI=1S/C22H19BrN2O4/c1-29-19-13-18(23)12-15(20(19)26)14-24-25-21(27)22(28,16-8-4-2-5-9-16)17-10-6-3-7-11-17/h2-14,26,28H,1H3,(H,25,27)/b24-14+. The lowest BCUT2D eigenvalue weighted by molar-refractivity contribution is -0.136. The molecule has 0 radical (unpaired) electrons. The van der Waals surface area contributed by atoms with Crippen molar-refractivity contribution < 1.29 is 19.7 Å². The number of amides is 1. The van der Waals surface area contributed by atoms with Crippen molar-refractivity contribution in [2.24, 2.45) is 5.10 Å². The number of rotatable bonds is 6. The monoisotopic (exact) mass is 454 g/mol. The number of hydrogen-bond acceptors (Lipinski definition) is 5. The first kappa shape index (κ1) is 20.6. The van der Waals surface area contributed by atoms with E-state index in [9.17, 15) is 15.0 Å². The molecule has 29 heavy (non-hydrogen) atoms. The fourth-order valence-electron chi connectivity index (χ4n) is 2.88. The maximum Gasteiger partial charge on any atom is 0.281 e. The highest BCUT2D eigenvalue weighted by Crippen LogP contribution is 2.33. The Morgan fingerprint density at radius 3 is 2.14 bits per heavy atom. The van der Waals surface area contributed by atoms with Gasteiger partial charge in [0, 0.05) is 10.0 Å². The number of aliphatic hydroxyl groups is 1. The van der Waals surface area contributed by atoms with Crippen LogP contribution in [0.2, 0.25) is 0 Å². The molecule has 7 heteroatoms. The number of hydrazone groups is 1. The summed E-state index contributed by atoms with van der Waals surface area (Å²) in [5, 5.41) is 25.4. The van der Waals surface area contributed by atoms with Gasteiger partial charge in [-0.25, -0.2) is 5.43 Å². The maximum absolute atomic E-state index is 13.0. The molecule has 0 heterocycles. The minimum atomic E-state index is -1.93. The van der Waals surface area contributed by atoms with Gasteiger partial charge in [-0.2, -0.15) is 5.10 Å². The average molecular weight is 455 g/mol. The lowest BCUT2D eigenvalue weighted by atomic mass is 9.85. The van der Waals surface area contributed by atoms with Gasteiger partial charge in [-0.1, -0.05) is 76.6 Å². The fourth-order valence-corrected chi connectivity index (χ4v) is 3.33. The van der Waals surface area contributed by atoms with Crippen molar-refractivity contribution in [2.75, 3.05) is 7.11 Å². The largest absolute Gasteiger partial charge is 0.504 e. The summed E-state index contributed by atoms with van der Waals surface area (Å²) in [5.41, 5.74) is 1.58. The molecule has 3 N–H and O–H groups in total. The quantitative estimate of drug-likeness (QED) is 0.392. The van der Waals surface area contributed by atoms with E-state index < -0.39 is 11.5 Å². The molecule has 1 amide bonds. The van der Waals surface area contributed by atoms with E-state index in [1.165, 1.54) is 13.3 Å². The molecule has 0 bridgehead atoms. The van der Waals surface area contributed by atoms with Gasteiger partial charge in [0.05, 0.1) is 13.3 Å². The summed E-state index contributed by atoms with van der Waals surface area (Å²) in [7, 11) is 1.43. The number of nitrogens with zero attached hydrogens (tertiary/aromatic N) is 1. The Morgan fingerprint density at radius 2 is 1.62 bits per heavy atom. The molecule has 3 aromatic carbocycles. The van der Waals surface area contributed by atoms with Crippen LogP contribution in [0.25, 0.3) is 0 Å². The molecule has 0 saturated carbocycles. The number of phenolic OH excluding ortho intramolecular Hbond substituents is 1. The molecule has 3 aromatic rings.